The number of halogens is 1. The third-order valence-corrected chi connectivity index (χ3v) is 14.6. The number of alkyl halides is 1. The Balaban J connectivity index is 1.50. The number of rotatable bonds is 12. The quantitative estimate of drug-likeness (QED) is 0.188. The molecule has 16 heteroatoms. The average Bonchev–Trinajstić information content (AvgIpc) is 3.81. The molecule has 3 aliphatic heterocycles. The molecule has 3 saturated heterocycles. The molecule has 61 heavy (non-hydrogen) atoms. The largest absolute Gasteiger partial charge is 0.455 e. The molecule has 2 aromatic rings. The van der Waals surface area contributed by atoms with E-state index in [9.17, 15) is 19.5 Å². The zero-order valence-electron chi connectivity index (χ0n) is 38.1. The number of cyclic esters (lactones) is 1. The van der Waals surface area contributed by atoms with Gasteiger partial charge in [-0.05, 0) is 85.7 Å². The number of Topliss-reactive ketones (excluding diaryl/α,β-unsaturated/α-hetero) is 1. The highest BCUT2D eigenvalue weighted by atomic mass is 32.1. The summed E-state index contributed by atoms with van der Waals surface area (Å²) in [6, 6.07) is 8.30. The van der Waals surface area contributed by atoms with Crippen molar-refractivity contribution in [2.24, 2.45) is 23.5 Å². The van der Waals surface area contributed by atoms with Crippen LogP contribution in [0.1, 0.15) is 92.9 Å². The molecule has 2 unspecified atom stereocenters. The minimum Gasteiger partial charge on any atom is -0.455 e. The number of esters is 1. The fraction of sp³-hybridized carbons (Fsp3) is 0.733. The second kappa shape index (κ2) is 19.7. The molecular formula is C45H70FN5O9S. The van der Waals surface area contributed by atoms with Crippen LogP contribution in [0.25, 0.3) is 10.6 Å². The molecule has 1 amide bonds. The number of ketones is 1. The number of thiazole rings is 1. The van der Waals surface area contributed by atoms with Crippen molar-refractivity contribution < 1.29 is 47.6 Å². The molecule has 3 N–H and O–H groups in total. The highest BCUT2D eigenvalue weighted by molar-refractivity contribution is 7.15. The van der Waals surface area contributed by atoms with E-state index in [1.165, 1.54) is 14.0 Å². The number of amides is 1. The van der Waals surface area contributed by atoms with Crippen molar-refractivity contribution in [1.29, 1.82) is 0 Å². The Labute approximate surface area is 365 Å². The molecule has 1 aromatic carbocycles. The van der Waals surface area contributed by atoms with Gasteiger partial charge in [0, 0.05) is 54.8 Å². The van der Waals surface area contributed by atoms with Crippen LogP contribution in [0.5, 0.6) is 0 Å². The second-order valence-corrected chi connectivity index (χ2v) is 19.3. The first-order chi connectivity index (χ1) is 28.6. The maximum atomic E-state index is 17.0. The van der Waals surface area contributed by atoms with Crippen molar-refractivity contribution in [2.45, 2.75) is 160 Å². The predicted octanol–water partition coefficient (Wildman–Crippen LogP) is 6.03. The van der Waals surface area contributed by atoms with Gasteiger partial charge in [-0.1, -0.05) is 65.0 Å². The van der Waals surface area contributed by atoms with Crippen LogP contribution in [0, 0.1) is 17.8 Å². The van der Waals surface area contributed by atoms with Gasteiger partial charge >= 0.3 is 12.1 Å². The monoisotopic (exact) mass is 875 g/mol. The Kier molecular flexibility index (Phi) is 15.8. The van der Waals surface area contributed by atoms with Gasteiger partial charge in [0.15, 0.2) is 17.7 Å². The lowest BCUT2D eigenvalue weighted by Crippen LogP contribution is -2.64. The van der Waals surface area contributed by atoms with Gasteiger partial charge in [0.2, 0.25) is 0 Å². The molecular weight excluding hydrogens is 806 g/mol. The highest BCUT2D eigenvalue weighted by Gasteiger charge is 2.62. The normalized spacial score (nSPS) is 38.0. The Morgan fingerprint density at radius 1 is 1.08 bits per heavy atom. The summed E-state index contributed by atoms with van der Waals surface area (Å²) in [4.78, 5) is 50.3. The molecule has 4 heterocycles. The zero-order chi connectivity index (χ0) is 45.2. The molecule has 1 aromatic heterocycles. The van der Waals surface area contributed by atoms with Crippen molar-refractivity contribution in [3.05, 3.63) is 41.4 Å². The van der Waals surface area contributed by atoms with E-state index in [0.29, 0.717) is 25.9 Å². The summed E-state index contributed by atoms with van der Waals surface area (Å²) in [5.41, 5.74) is 2.35. The molecule has 3 aliphatic rings. The molecule has 5 rings (SSSR count). The van der Waals surface area contributed by atoms with E-state index >= 15 is 4.39 Å². The van der Waals surface area contributed by atoms with Gasteiger partial charge in [-0.15, -0.1) is 11.3 Å². The number of carbonyl (C=O) groups excluding carboxylic acids is 3. The lowest BCUT2D eigenvalue weighted by molar-refractivity contribution is -0.296. The summed E-state index contributed by atoms with van der Waals surface area (Å²) in [6.45, 7) is 16.3. The van der Waals surface area contributed by atoms with Crippen molar-refractivity contribution in [3.63, 3.8) is 0 Å². The highest BCUT2D eigenvalue weighted by Crippen LogP contribution is 2.45. The van der Waals surface area contributed by atoms with Crippen molar-refractivity contribution >= 4 is 29.2 Å². The minimum atomic E-state index is -3.15. The van der Waals surface area contributed by atoms with Crippen LogP contribution in [-0.4, -0.2) is 143 Å². The zero-order valence-corrected chi connectivity index (χ0v) is 38.9. The van der Waals surface area contributed by atoms with Crippen LogP contribution in [0.3, 0.4) is 0 Å². The Bertz CT molecular complexity index is 1800. The van der Waals surface area contributed by atoms with Crippen molar-refractivity contribution in [1.82, 2.24) is 19.9 Å². The number of nitrogens with zero attached hydrogens (tertiary/aromatic N) is 4. The van der Waals surface area contributed by atoms with Crippen LogP contribution >= 0.6 is 11.3 Å². The number of aryl methyl sites for hydroxylation is 1. The Morgan fingerprint density at radius 3 is 2.36 bits per heavy atom. The third kappa shape index (κ3) is 10.0. The molecule has 14 atom stereocenters. The van der Waals surface area contributed by atoms with E-state index in [4.69, 9.17) is 29.4 Å². The SMILES string of the molecule is CC[C@H]1OC(=O)C(C)(F)C(=O)[C@H](C)[C@@H](O[C@@H]2O[C@H](C)C[C@H](N(C)C)[C@H]2O)[C@@](C)(OC)C[C@@H](C)C(N)[C@H](C)[C@H]2N(N(CC)CCCc3cnc(-c4ccccc4)s3)C(=O)O[C@]12C. The number of aliphatic hydroxyl groups is 1. The number of hydrazine groups is 1. The molecule has 0 radical (unpaired) electrons. The number of carbonyl (C=O) groups is 3. The summed E-state index contributed by atoms with van der Waals surface area (Å²) in [6.07, 6.45) is -1.42. The number of fused-ring (bicyclic) bond motifs is 1. The number of nitrogens with two attached hydrogens (primary N) is 1. The summed E-state index contributed by atoms with van der Waals surface area (Å²) >= 11 is 1.63. The standard InChI is InChI=1S/C45H70FN5O9S/c1-13-33-45(9)36(51(42(55)60-45)50(14-2)22-18-21-31-25-48-39(61-31)30-19-16-15-17-20-30)28(5)34(47)26(3)24-43(7,56-12)38(29(6)37(53)44(8,46)41(54)58-33)59-40-35(52)32(49(10)11)23-27(4)57-40/h15-17,19-20,25-29,32-36,38,40,52H,13-14,18,21-24,47H2,1-12H3/t26-,27-,28+,29+,32+,33-,34?,35-,36-,38-,40+,43+,44?,45-/m1/s1. The molecule has 0 aliphatic carbocycles. The van der Waals surface area contributed by atoms with Gasteiger partial charge in [-0.3, -0.25) is 4.79 Å². The summed E-state index contributed by atoms with van der Waals surface area (Å²) in [5, 5.41) is 16.0. The first-order valence-corrected chi connectivity index (χ1v) is 22.6. The van der Waals surface area contributed by atoms with E-state index in [0.717, 1.165) is 28.8 Å². The molecule has 0 bridgehead atoms. The number of aliphatic hydroxyl groups excluding tert-OH is 1. The van der Waals surface area contributed by atoms with Gasteiger partial charge in [0.05, 0.1) is 23.9 Å². The minimum absolute atomic E-state index is 0.147. The number of hydrogen-bond acceptors (Lipinski definition) is 14. The second-order valence-electron chi connectivity index (χ2n) is 18.2. The lowest BCUT2D eigenvalue weighted by atomic mass is 9.72. The van der Waals surface area contributed by atoms with E-state index in [1.54, 1.807) is 37.1 Å². The fourth-order valence-electron chi connectivity index (χ4n) is 9.86. The van der Waals surface area contributed by atoms with Crippen LogP contribution in [-0.2, 0) is 39.7 Å². The summed E-state index contributed by atoms with van der Waals surface area (Å²) < 4.78 is 48.2. The van der Waals surface area contributed by atoms with Gasteiger partial charge in [-0.2, -0.15) is 0 Å². The van der Waals surface area contributed by atoms with E-state index in [-0.39, 0.29) is 30.9 Å². The molecule has 14 nitrogen and oxygen atoms in total. The van der Waals surface area contributed by atoms with Crippen molar-refractivity contribution in [3.8, 4) is 10.6 Å². The number of likely N-dealkylation sites (N-methyl/N-ethyl adjacent to an activating group) is 1. The number of benzene rings is 1. The Morgan fingerprint density at radius 2 is 1.75 bits per heavy atom. The molecule has 0 saturated carbocycles. The maximum Gasteiger partial charge on any atom is 0.425 e. The first kappa shape index (κ1) is 48.9. The van der Waals surface area contributed by atoms with Gasteiger partial charge < -0.3 is 39.4 Å². The van der Waals surface area contributed by atoms with Crippen LogP contribution < -0.4 is 5.73 Å². The molecule has 3 fully saturated rings. The Hall–Kier alpha value is -3.09. The molecule has 342 valence electrons. The van der Waals surface area contributed by atoms with Crippen LogP contribution in [0.2, 0.25) is 0 Å². The lowest BCUT2D eigenvalue weighted by Gasteiger charge is -2.48. The number of aromatic nitrogens is 1. The maximum absolute atomic E-state index is 17.0. The van der Waals surface area contributed by atoms with Crippen LogP contribution in [0.4, 0.5) is 9.18 Å². The topological polar surface area (TPSA) is 166 Å². The number of methoxy groups -OCH3 is 1. The molecule has 0 spiro atoms. The average molecular weight is 876 g/mol. The van der Waals surface area contributed by atoms with Gasteiger partial charge in [0.25, 0.3) is 5.67 Å². The summed E-state index contributed by atoms with van der Waals surface area (Å²) in [7, 11) is 5.18. The predicted molar refractivity (Wildman–Crippen MR) is 231 cm³/mol. The van der Waals surface area contributed by atoms with E-state index < -0.39 is 83.2 Å². The van der Waals surface area contributed by atoms with Crippen molar-refractivity contribution in [2.75, 3.05) is 34.3 Å². The smallest absolute Gasteiger partial charge is 0.425 e. The first-order valence-electron chi connectivity index (χ1n) is 21.8. The summed E-state index contributed by atoms with van der Waals surface area (Å²) in [5.74, 6) is -4.62. The van der Waals surface area contributed by atoms with E-state index in [1.807, 2.05) is 88.2 Å². The van der Waals surface area contributed by atoms with Crippen LogP contribution in [0.15, 0.2) is 36.5 Å². The number of ether oxygens (including phenoxy) is 5. The fourth-order valence-corrected chi connectivity index (χ4v) is 10.8. The van der Waals surface area contributed by atoms with Gasteiger partial charge in [-0.25, -0.2) is 29.0 Å². The third-order valence-electron chi connectivity index (χ3n) is 13.5. The van der Waals surface area contributed by atoms with Gasteiger partial charge in [0.1, 0.15) is 17.2 Å². The van der Waals surface area contributed by atoms with E-state index in [2.05, 4.69) is 4.98 Å². The number of hydrogen-bond donors (Lipinski definition) is 2.